The van der Waals surface area contributed by atoms with Crippen LogP contribution in [-0.4, -0.2) is 56.1 Å². The minimum atomic E-state index is -3.07. The monoisotopic (exact) mass is 303 g/mol. The number of sulfonamides is 1. The Morgan fingerprint density at radius 3 is 2.37 bits per heavy atom. The third-order valence-electron chi connectivity index (χ3n) is 3.52. The van der Waals surface area contributed by atoms with Crippen molar-refractivity contribution in [3.63, 3.8) is 0 Å². The maximum absolute atomic E-state index is 11.5. The zero-order valence-electron chi connectivity index (χ0n) is 11.3. The fourth-order valence-electron chi connectivity index (χ4n) is 2.60. The summed E-state index contributed by atoms with van der Waals surface area (Å²) in [5.74, 6) is 0. The van der Waals surface area contributed by atoms with E-state index in [1.807, 2.05) is 6.92 Å². The van der Waals surface area contributed by atoms with Gasteiger partial charge in [0.15, 0.2) is 0 Å². The first kappa shape index (κ1) is 14.9. The first-order chi connectivity index (χ1) is 8.89. The highest BCUT2D eigenvalue weighted by Crippen LogP contribution is 2.26. The van der Waals surface area contributed by atoms with Crippen LogP contribution in [-0.2, 0) is 10.0 Å². The van der Waals surface area contributed by atoms with Gasteiger partial charge in [-0.25, -0.2) is 8.42 Å². The lowest BCUT2D eigenvalue weighted by atomic mass is 10.0. The van der Waals surface area contributed by atoms with Crippen LogP contribution in [0.1, 0.15) is 18.5 Å². The second-order valence-corrected chi connectivity index (χ2v) is 7.82. The molecule has 108 valence electrons. The first-order valence-electron chi connectivity index (χ1n) is 6.36. The predicted molar refractivity (Wildman–Crippen MR) is 78.7 cm³/mol. The van der Waals surface area contributed by atoms with Crippen molar-refractivity contribution >= 4 is 21.4 Å². The molecule has 0 saturated carbocycles. The van der Waals surface area contributed by atoms with Crippen LogP contribution in [0.25, 0.3) is 0 Å². The molecular weight excluding hydrogens is 282 g/mol. The number of hydrogen-bond donors (Lipinski definition) is 1. The summed E-state index contributed by atoms with van der Waals surface area (Å²) >= 11 is 1.67. The van der Waals surface area contributed by atoms with Crippen LogP contribution in [0.2, 0.25) is 0 Å². The Morgan fingerprint density at radius 1 is 1.32 bits per heavy atom. The van der Waals surface area contributed by atoms with E-state index in [2.05, 4.69) is 21.7 Å². The van der Waals surface area contributed by atoms with Crippen LogP contribution in [0.3, 0.4) is 0 Å². The van der Waals surface area contributed by atoms with Gasteiger partial charge in [0.2, 0.25) is 10.0 Å². The largest absolute Gasteiger partial charge is 0.326 e. The molecule has 0 radical (unpaired) electrons. The van der Waals surface area contributed by atoms with Gasteiger partial charge in [0.05, 0.1) is 12.3 Å². The van der Waals surface area contributed by atoms with Crippen LogP contribution < -0.4 is 5.73 Å². The highest BCUT2D eigenvalue weighted by atomic mass is 32.2. The Labute approximate surface area is 119 Å². The van der Waals surface area contributed by atoms with Crippen LogP contribution >= 0.6 is 11.3 Å². The maximum atomic E-state index is 11.5. The van der Waals surface area contributed by atoms with Crippen molar-refractivity contribution in [1.29, 1.82) is 0 Å². The van der Waals surface area contributed by atoms with E-state index < -0.39 is 10.0 Å². The van der Waals surface area contributed by atoms with Gasteiger partial charge >= 0.3 is 0 Å². The van der Waals surface area contributed by atoms with Crippen molar-refractivity contribution in [2.75, 3.05) is 32.4 Å². The summed E-state index contributed by atoms with van der Waals surface area (Å²) in [7, 11) is -3.07. The van der Waals surface area contributed by atoms with Crippen molar-refractivity contribution in [3.8, 4) is 0 Å². The lowest BCUT2D eigenvalue weighted by Gasteiger charge is -2.39. The molecule has 5 nitrogen and oxygen atoms in total. The Hall–Kier alpha value is -0.470. The summed E-state index contributed by atoms with van der Waals surface area (Å²) in [6, 6.07) is 2.30. The van der Waals surface area contributed by atoms with E-state index in [1.54, 1.807) is 11.3 Å². The van der Waals surface area contributed by atoms with Gasteiger partial charge < -0.3 is 5.73 Å². The van der Waals surface area contributed by atoms with E-state index in [0.29, 0.717) is 13.1 Å². The summed E-state index contributed by atoms with van der Waals surface area (Å²) in [5.41, 5.74) is 7.34. The van der Waals surface area contributed by atoms with Crippen LogP contribution in [0.15, 0.2) is 16.8 Å². The second-order valence-electron chi connectivity index (χ2n) is 5.06. The number of nitrogens with two attached hydrogens (primary N) is 1. The molecule has 2 atom stereocenters. The normalized spacial score (nSPS) is 22.3. The Bertz CT molecular complexity index is 491. The third kappa shape index (κ3) is 3.55. The summed E-state index contributed by atoms with van der Waals surface area (Å²) < 4.78 is 24.6. The van der Waals surface area contributed by atoms with Gasteiger partial charge in [-0.1, -0.05) is 0 Å². The van der Waals surface area contributed by atoms with Crippen molar-refractivity contribution in [3.05, 3.63) is 22.4 Å². The molecule has 2 unspecified atom stereocenters. The second kappa shape index (κ2) is 5.88. The first-order valence-corrected chi connectivity index (χ1v) is 9.15. The molecular formula is C12H21N3O2S2. The molecule has 2 N–H and O–H groups in total. The van der Waals surface area contributed by atoms with Crippen molar-refractivity contribution in [1.82, 2.24) is 9.21 Å². The fraction of sp³-hybridized carbons (Fsp3) is 0.667. The van der Waals surface area contributed by atoms with E-state index in [9.17, 15) is 8.42 Å². The number of piperazine rings is 1. The molecule has 1 aliphatic rings. The van der Waals surface area contributed by atoms with Gasteiger partial charge in [-0.05, 0) is 29.3 Å². The Morgan fingerprint density at radius 2 is 1.95 bits per heavy atom. The van der Waals surface area contributed by atoms with Gasteiger partial charge in [-0.3, -0.25) is 4.90 Å². The highest BCUT2D eigenvalue weighted by Gasteiger charge is 2.30. The van der Waals surface area contributed by atoms with Gasteiger partial charge in [-0.15, -0.1) is 0 Å². The highest BCUT2D eigenvalue weighted by molar-refractivity contribution is 7.88. The summed E-state index contributed by atoms with van der Waals surface area (Å²) in [5, 5.41) is 4.18. The molecule has 1 aromatic heterocycles. The number of rotatable bonds is 4. The molecule has 1 saturated heterocycles. The molecule has 1 fully saturated rings. The quantitative estimate of drug-likeness (QED) is 0.890. The lowest BCUT2D eigenvalue weighted by molar-refractivity contribution is 0.124. The van der Waals surface area contributed by atoms with Crippen LogP contribution in [0, 0.1) is 0 Å². The third-order valence-corrected chi connectivity index (χ3v) is 5.52. The molecule has 0 bridgehead atoms. The summed E-state index contributed by atoms with van der Waals surface area (Å²) in [6.45, 7) is 4.56. The molecule has 19 heavy (non-hydrogen) atoms. The molecule has 0 spiro atoms. The van der Waals surface area contributed by atoms with Crippen LogP contribution in [0.5, 0.6) is 0 Å². The molecule has 0 aliphatic carbocycles. The average Bonchev–Trinajstić information content (AvgIpc) is 2.82. The van der Waals surface area contributed by atoms with Crippen molar-refractivity contribution in [2.24, 2.45) is 5.73 Å². The van der Waals surface area contributed by atoms with E-state index in [-0.39, 0.29) is 12.1 Å². The average molecular weight is 303 g/mol. The molecule has 2 heterocycles. The molecule has 0 amide bonds. The van der Waals surface area contributed by atoms with E-state index in [0.717, 1.165) is 13.1 Å². The minimum Gasteiger partial charge on any atom is -0.326 e. The smallest absolute Gasteiger partial charge is 0.211 e. The topological polar surface area (TPSA) is 66.6 Å². The molecule has 2 rings (SSSR count). The zero-order valence-corrected chi connectivity index (χ0v) is 13.0. The van der Waals surface area contributed by atoms with Gasteiger partial charge in [-0.2, -0.15) is 15.6 Å². The predicted octanol–water partition coefficient (Wildman–Crippen LogP) is 0.714. The molecule has 7 heteroatoms. The molecule has 1 aliphatic heterocycles. The Kier molecular flexibility index (Phi) is 4.62. The number of thiophene rings is 1. The lowest BCUT2D eigenvalue weighted by Crippen LogP contribution is -2.52. The summed E-state index contributed by atoms with van der Waals surface area (Å²) in [6.07, 6.45) is 1.27. The minimum absolute atomic E-state index is 0.0272. The number of nitrogens with zero attached hydrogens (tertiary/aromatic N) is 2. The molecule has 1 aromatic rings. The van der Waals surface area contributed by atoms with E-state index >= 15 is 0 Å². The van der Waals surface area contributed by atoms with Gasteiger partial charge in [0.25, 0.3) is 0 Å². The maximum Gasteiger partial charge on any atom is 0.211 e. The Balaban J connectivity index is 2.07. The SMILES string of the molecule is CC(N)C(c1ccsc1)N1CCN(S(C)(=O)=O)CC1. The number of hydrogen-bond acceptors (Lipinski definition) is 5. The van der Waals surface area contributed by atoms with E-state index in [4.69, 9.17) is 5.73 Å². The standard InChI is InChI=1S/C12H21N3O2S2/c1-10(13)12(11-3-8-18-9-11)14-4-6-15(7-5-14)19(2,16)17/h3,8-10,12H,4-7,13H2,1-2H3. The van der Waals surface area contributed by atoms with E-state index in [1.165, 1.54) is 16.1 Å². The fourth-order valence-corrected chi connectivity index (χ4v) is 4.12. The van der Waals surface area contributed by atoms with Crippen molar-refractivity contribution in [2.45, 2.75) is 19.0 Å². The molecule has 0 aromatic carbocycles. The summed E-state index contributed by atoms with van der Waals surface area (Å²) in [4.78, 5) is 2.29. The van der Waals surface area contributed by atoms with Gasteiger partial charge in [0, 0.05) is 32.2 Å². The zero-order chi connectivity index (χ0) is 14.0. The van der Waals surface area contributed by atoms with Crippen LogP contribution in [0.4, 0.5) is 0 Å². The van der Waals surface area contributed by atoms with Gasteiger partial charge in [0.1, 0.15) is 0 Å². The van der Waals surface area contributed by atoms with Crippen molar-refractivity contribution < 1.29 is 8.42 Å².